The van der Waals surface area contributed by atoms with Gasteiger partial charge in [0.1, 0.15) is 0 Å². The number of rotatable bonds is 0. The predicted molar refractivity (Wildman–Crippen MR) is 98.1 cm³/mol. The first-order valence-electron chi connectivity index (χ1n) is 9.19. The number of allylic oxidation sites excluding steroid dienone is 2. The van der Waals surface area contributed by atoms with Crippen molar-refractivity contribution < 1.29 is 0 Å². The molecule has 5 heterocycles. The Hall–Kier alpha value is -1.91. The molecule has 0 amide bonds. The summed E-state index contributed by atoms with van der Waals surface area (Å²) in [5.74, 6) is 0. The van der Waals surface area contributed by atoms with Crippen molar-refractivity contribution in [3.8, 4) is 0 Å². The Balaban J connectivity index is 1.53. The molecular weight excluding hydrogens is 296 g/mol. The number of nitrogens with one attached hydrogen (secondary N) is 3. The maximum Gasteiger partial charge on any atom is 0.0658 e. The number of hydrogen-bond donors (Lipinski definition) is 3. The van der Waals surface area contributed by atoms with Crippen LogP contribution in [0.1, 0.15) is 32.1 Å². The first kappa shape index (κ1) is 14.4. The molecule has 1 aromatic rings. The Kier molecular flexibility index (Phi) is 3.53. The second-order valence-electron chi connectivity index (χ2n) is 7.47. The van der Waals surface area contributed by atoms with Gasteiger partial charge in [-0.15, -0.1) is 0 Å². The van der Waals surface area contributed by atoms with E-state index in [9.17, 15) is 0 Å². The number of aromatic nitrogens is 1. The highest BCUT2D eigenvalue weighted by atomic mass is 15.0. The third-order valence-electron chi connectivity index (χ3n) is 5.59. The van der Waals surface area contributed by atoms with Gasteiger partial charge >= 0.3 is 0 Å². The molecule has 0 aromatic carbocycles. The molecule has 8 bridgehead atoms. The van der Waals surface area contributed by atoms with Gasteiger partial charge in [0.15, 0.2) is 0 Å². The van der Waals surface area contributed by atoms with Gasteiger partial charge in [-0.1, -0.05) is 0 Å². The van der Waals surface area contributed by atoms with E-state index in [1.807, 2.05) is 0 Å². The second-order valence-corrected chi connectivity index (χ2v) is 7.47. The molecule has 4 heteroatoms. The molecule has 0 radical (unpaired) electrons. The van der Waals surface area contributed by atoms with Crippen LogP contribution < -0.4 is 21.3 Å². The van der Waals surface area contributed by atoms with Crippen LogP contribution >= 0.6 is 0 Å². The lowest BCUT2D eigenvalue weighted by Gasteiger charge is -2.18. The summed E-state index contributed by atoms with van der Waals surface area (Å²) < 4.78 is 0. The van der Waals surface area contributed by atoms with E-state index in [2.05, 4.69) is 58.1 Å². The zero-order valence-electron chi connectivity index (χ0n) is 13.8. The minimum absolute atomic E-state index is 0.464. The summed E-state index contributed by atoms with van der Waals surface area (Å²) in [5.41, 5.74) is 2.11. The standard InChI is InChI=1S/C20H24N4/c1-2-14-10-16-5-6-18(23-16)12-20-8-7-19(24-20)11-17-4-3-15(22-17)9-13(1)21-14/h1-4,9-11,16,18-21,23-24H,5-8,12H2/b13-9-,14-10-,17-11-. The lowest BCUT2D eigenvalue weighted by atomic mass is 10.0. The maximum absolute atomic E-state index is 4.74. The summed E-state index contributed by atoms with van der Waals surface area (Å²) >= 11 is 0. The van der Waals surface area contributed by atoms with Crippen molar-refractivity contribution in [3.63, 3.8) is 0 Å². The van der Waals surface area contributed by atoms with Crippen LogP contribution in [0.2, 0.25) is 0 Å². The summed E-state index contributed by atoms with van der Waals surface area (Å²) in [6.07, 6.45) is 17.2. The molecule has 4 aliphatic heterocycles. The topological polar surface area (TPSA) is 52.2 Å². The largest absolute Gasteiger partial charge is 0.356 e. The van der Waals surface area contributed by atoms with Gasteiger partial charge in [0, 0.05) is 34.9 Å². The molecule has 0 saturated carbocycles. The molecule has 0 aliphatic carbocycles. The molecular formula is C20H24N4. The molecule has 5 rings (SSSR count). The number of aliphatic imine (C=N–C) groups is 1. The summed E-state index contributed by atoms with van der Waals surface area (Å²) in [7, 11) is 0. The number of fused-ring (bicyclic) bond motifs is 7. The predicted octanol–water partition coefficient (Wildman–Crippen LogP) is 1.12. The maximum atomic E-state index is 4.74. The Morgan fingerprint density at radius 1 is 0.833 bits per heavy atom. The highest BCUT2D eigenvalue weighted by Gasteiger charge is 2.29. The number of hydrogen-bond acceptors (Lipinski definition) is 3. The zero-order chi connectivity index (χ0) is 15.9. The molecule has 3 N–H and O–H groups in total. The van der Waals surface area contributed by atoms with Crippen molar-refractivity contribution in [2.24, 2.45) is 4.99 Å². The van der Waals surface area contributed by atoms with Crippen LogP contribution in [0.3, 0.4) is 0 Å². The van der Waals surface area contributed by atoms with Crippen LogP contribution in [0.4, 0.5) is 0 Å². The monoisotopic (exact) mass is 320 g/mol. The number of aromatic amines is 1. The van der Waals surface area contributed by atoms with Gasteiger partial charge in [0.25, 0.3) is 0 Å². The molecule has 4 nitrogen and oxygen atoms in total. The Morgan fingerprint density at radius 2 is 1.58 bits per heavy atom. The summed E-state index contributed by atoms with van der Waals surface area (Å²) in [6, 6.07) is 6.53. The molecule has 4 atom stereocenters. The first-order chi connectivity index (χ1) is 11.8. The Bertz CT molecular complexity index is 841. The molecule has 24 heavy (non-hydrogen) atoms. The fourth-order valence-electron chi connectivity index (χ4n) is 4.44. The average Bonchev–Trinajstić information content (AvgIpc) is 3.32. The van der Waals surface area contributed by atoms with Gasteiger partial charge in [0.05, 0.1) is 11.4 Å². The van der Waals surface area contributed by atoms with E-state index >= 15 is 0 Å². The van der Waals surface area contributed by atoms with Gasteiger partial charge in [-0.3, -0.25) is 0 Å². The Labute approximate surface area is 142 Å². The average molecular weight is 320 g/mol. The third kappa shape index (κ3) is 2.92. The van der Waals surface area contributed by atoms with Crippen molar-refractivity contribution in [1.82, 2.24) is 15.6 Å². The van der Waals surface area contributed by atoms with Crippen molar-refractivity contribution in [3.05, 3.63) is 46.8 Å². The highest BCUT2D eigenvalue weighted by molar-refractivity contribution is 6.19. The zero-order valence-corrected chi connectivity index (χ0v) is 13.8. The van der Waals surface area contributed by atoms with Gasteiger partial charge in [-0.05, 0) is 74.6 Å². The molecule has 4 aliphatic rings. The van der Waals surface area contributed by atoms with Gasteiger partial charge < -0.3 is 15.6 Å². The molecule has 124 valence electrons. The van der Waals surface area contributed by atoms with Gasteiger partial charge in [0.2, 0.25) is 0 Å². The summed E-state index contributed by atoms with van der Waals surface area (Å²) in [5, 5.41) is 9.92. The van der Waals surface area contributed by atoms with Crippen molar-refractivity contribution in [1.29, 1.82) is 0 Å². The fraction of sp³-hybridized carbons (Fsp3) is 0.450. The van der Waals surface area contributed by atoms with E-state index in [-0.39, 0.29) is 0 Å². The van der Waals surface area contributed by atoms with Crippen LogP contribution in [0.25, 0.3) is 12.2 Å². The smallest absolute Gasteiger partial charge is 0.0658 e. The van der Waals surface area contributed by atoms with E-state index in [1.165, 1.54) is 37.5 Å². The van der Waals surface area contributed by atoms with Crippen LogP contribution in [-0.4, -0.2) is 34.9 Å². The van der Waals surface area contributed by atoms with Crippen molar-refractivity contribution in [2.45, 2.75) is 56.3 Å². The Morgan fingerprint density at radius 3 is 2.42 bits per heavy atom. The molecule has 2 fully saturated rings. The van der Waals surface area contributed by atoms with Crippen LogP contribution in [0.5, 0.6) is 0 Å². The van der Waals surface area contributed by atoms with E-state index in [0.29, 0.717) is 24.2 Å². The van der Waals surface area contributed by atoms with Gasteiger partial charge in [-0.25, -0.2) is 4.99 Å². The molecule has 2 saturated heterocycles. The van der Waals surface area contributed by atoms with Crippen LogP contribution in [-0.2, 0) is 0 Å². The highest BCUT2D eigenvalue weighted by Crippen LogP contribution is 2.24. The summed E-state index contributed by atoms with van der Waals surface area (Å²) in [6.45, 7) is 0. The molecule has 4 unspecified atom stereocenters. The first-order valence-corrected chi connectivity index (χ1v) is 9.19. The molecule has 0 spiro atoms. The number of H-pyrrole nitrogens is 1. The van der Waals surface area contributed by atoms with Crippen molar-refractivity contribution in [2.75, 3.05) is 0 Å². The fourth-order valence-corrected chi connectivity index (χ4v) is 4.44. The lowest BCUT2D eigenvalue weighted by Crippen LogP contribution is -2.36. The quantitative estimate of drug-likeness (QED) is 0.671. The minimum atomic E-state index is 0.464. The molecule has 1 aromatic heterocycles. The van der Waals surface area contributed by atoms with E-state index < -0.39 is 0 Å². The summed E-state index contributed by atoms with van der Waals surface area (Å²) in [4.78, 5) is 8.23. The van der Waals surface area contributed by atoms with Crippen LogP contribution in [0.15, 0.2) is 41.1 Å². The minimum Gasteiger partial charge on any atom is -0.356 e. The van der Waals surface area contributed by atoms with Crippen LogP contribution in [0, 0.1) is 0 Å². The lowest BCUT2D eigenvalue weighted by molar-refractivity contribution is 0.447. The normalized spacial score (nSPS) is 39.5. The number of nitrogens with zero attached hydrogens (tertiary/aromatic N) is 1. The van der Waals surface area contributed by atoms with Crippen molar-refractivity contribution >= 4 is 17.9 Å². The SMILES string of the molecule is C1=C/C2=C/C3CCC(CC4CCC(/C=c5/cc/c([nH]5)=C/C1=N2)N4)N3. The van der Waals surface area contributed by atoms with E-state index in [4.69, 9.17) is 4.99 Å². The van der Waals surface area contributed by atoms with E-state index in [1.54, 1.807) is 0 Å². The van der Waals surface area contributed by atoms with E-state index in [0.717, 1.165) is 16.8 Å². The second kappa shape index (κ2) is 5.87. The van der Waals surface area contributed by atoms with Gasteiger partial charge in [-0.2, -0.15) is 0 Å². The third-order valence-corrected chi connectivity index (χ3v) is 5.59.